The molecule has 9 heteroatoms. The average Bonchev–Trinajstić information content (AvgIpc) is 3.42. The Hall–Kier alpha value is -2.97. The van der Waals surface area contributed by atoms with Crippen LogP contribution in [0.4, 0.5) is 11.8 Å². The van der Waals surface area contributed by atoms with Crippen LogP contribution in [0.3, 0.4) is 0 Å². The largest absolute Gasteiger partial charge is 0.366 e. The van der Waals surface area contributed by atoms with E-state index in [9.17, 15) is 4.79 Å². The molecule has 4 heterocycles. The van der Waals surface area contributed by atoms with E-state index < -0.39 is 0 Å². The summed E-state index contributed by atoms with van der Waals surface area (Å²) in [6.45, 7) is 18.0. The fourth-order valence-corrected chi connectivity index (χ4v) is 6.20. The van der Waals surface area contributed by atoms with Crippen LogP contribution in [0, 0.1) is 23.7 Å². The number of anilines is 2. The van der Waals surface area contributed by atoms with Crippen molar-refractivity contribution in [2.75, 3.05) is 36.4 Å². The van der Waals surface area contributed by atoms with Crippen molar-refractivity contribution in [3.63, 3.8) is 0 Å². The zero-order chi connectivity index (χ0) is 26.4. The van der Waals surface area contributed by atoms with Gasteiger partial charge in [0.05, 0.1) is 5.69 Å². The molecule has 2 aromatic rings. The van der Waals surface area contributed by atoms with Gasteiger partial charge in [-0.05, 0) is 49.5 Å². The lowest BCUT2D eigenvalue weighted by Gasteiger charge is -2.47. The normalized spacial score (nSPS) is 20.6. The Kier molecular flexibility index (Phi) is 6.75. The highest BCUT2D eigenvalue weighted by Gasteiger charge is 2.49. The zero-order valence-electron chi connectivity index (χ0n) is 23.0. The van der Waals surface area contributed by atoms with Crippen molar-refractivity contribution < 1.29 is 9.32 Å². The van der Waals surface area contributed by atoms with Crippen molar-refractivity contribution in [2.24, 2.45) is 16.7 Å². The van der Waals surface area contributed by atoms with Gasteiger partial charge in [-0.3, -0.25) is 4.79 Å². The van der Waals surface area contributed by atoms with Gasteiger partial charge in [0.25, 0.3) is 0 Å². The van der Waals surface area contributed by atoms with Gasteiger partial charge in [0.2, 0.25) is 17.7 Å². The highest BCUT2D eigenvalue weighted by atomic mass is 16.5. The van der Waals surface area contributed by atoms with Crippen molar-refractivity contribution in [3.8, 4) is 0 Å². The minimum atomic E-state index is 0.0239. The Bertz CT molecular complexity index is 1170. The molecule has 2 aliphatic heterocycles. The lowest BCUT2D eigenvalue weighted by atomic mass is 9.76. The average molecular weight is 508 g/mol. The number of hydrogen-bond acceptors (Lipinski definition) is 8. The molecule has 1 atom stereocenters. The van der Waals surface area contributed by atoms with Gasteiger partial charge in [-0.1, -0.05) is 39.4 Å². The number of carbonyl (C=O) groups excluding carboxylic acids is 1. The molecule has 2 aromatic heterocycles. The number of amides is 1. The molecule has 0 radical (unpaired) electrons. The van der Waals surface area contributed by atoms with Crippen molar-refractivity contribution in [3.05, 3.63) is 35.6 Å². The Morgan fingerprint density at radius 3 is 2.65 bits per heavy atom. The summed E-state index contributed by atoms with van der Waals surface area (Å²) in [6, 6.07) is 0.147. The van der Waals surface area contributed by atoms with E-state index in [1.165, 1.54) is 17.3 Å². The number of nitrogens with one attached hydrogen (secondary N) is 1. The summed E-state index contributed by atoms with van der Waals surface area (Å²) in [5.41, 5.74) is 2.78. The molecule has 37 heavy (non-hydrogen) atoms. The van der Waals surface area contributed by atoms with Crippen molar-refractivity contribution >= 4 is 17.7 Å². The highest BCUT2D eigenvalue weighted by Crippen LogP contribution is 2.42. The van der Waals surface area contributed by atoms with Gasteiger partial charge in [-0.25, -0.2) is 4.98 Å². The van der Waals surface area contributed by atoms with Crippen LogP contribution in [0.5, 0.6) is 0 Å². The van der Waals surface area contributed by atoms with Gasteiger partial charge in [0.1, 0.15) is 5.82 Å². The van der Waals surface area contributed by atoms with Gasteiger partial charge < -0.3 is 19.6 Å². The maximum Gasteiger partial charge on any atom is 0.245 e. The maximum atomic E-state index is 12.0. The molecule has 9 nitrogen and oxygen atoms in total. The van der Waals surface area contributed by atoms with E-state index in [1.807, 2.05) is 11.8 Å². The first-order valence-corrected chi connectivity index (χ1v) is 13.7. The van der Waals surface area contributed by atoms with E-state index in [4.69, 9.17) is 14.5 Å². The molecule has 1 aliphatic carbocycles. The summed E-state index contributed by atoms with van der Waals surface area (Å²) in [7, 11) is 0. The van der Waals surface area contributed by atoms with E-state index in [0.717, 1.165) is 75.9 Å². The molecule has 5 rings (SSSR count). The summed E-state index contributed by atoms with van der Waals surface area (Å²) in [6.07, 6.45) is 7.18. The summed E-state index contributed by atoms with van der Waals surface area (Å²) in [4.78, 5) is 31.0. The van der Waals surface area contributed by atoms with Gasteiger partial charge in [0.15, 0.2) is 5.82 Å². The molecule has 3 aliphatic rings. The number of nitrogens with zero attached hydrogens (tertiary/aromatic N) is 6. The SMILES string of the molecule is C=CC(=O)N1CC2(CCN(c3nc4c(c(N[C@H](Cc5noc(C)n5)CC(C)C)n3)CCC(C)(C)C4)C2)C1. The number of hydrogen-bond donors (Lipinski definition) is 1. The molecule has 1 N–H and O–H groups in total. The smallest absolute Gasteiger partial charge is 0.245 e. The van der Waals surface area contributed by atoms with E-state index in [-0.39, 0.29) is 22.8 Å². The standard InChI is InChI=1S/C28H41N7O2/c1-7-24(36)35-16-28(17-35)10-11-34(15-28)26-31-22-14-27(5,6)9-8-21(22)25(32-26)30-20(12-18(2)3)13-23-29-19(4)37-33-23/h7,18,20H,1,8-17H2,2-6H3,(H,30,31,32)/t20-/m0/s1. The number of carbonyl (C=O) groups is 1. The van der Waals surface area contributed by atoms with Gasteiger partial charge >= 0.3 is 0 Å². The molecule has 0 bridgehead atoms. The topological polar surface area (TPSA) is 100 Å². The summed E-state index contributed by atoms with van der Waals surface area (Å²) in [5, 5.41) is 7.95. The summed E-state index contributed by atoms with van der Waals surface area (Å²) < 4.78 is 5.23. The second-order valence-electron chi connectivity index (χ2n) is 12.6. The minimum Gasteiger partial charge on any atom is -0.366 e. The van der Waals surface area contributed by atoms with Crippen molar-refractivity contribution in [2.45, 2.75) is 79.2 Å². The fourth-order valence-electron chi connectivity index (χ4n) is 6.20. The molecule has 1 spiro atoms. The number of rotatable bonds is 8. The van der Waals surface area contributed by atoms with Crippen LogP contribution in [0.15, 0.2) is 17.2 Å². The first kappa shape index (κ1) is 25.7. The summed E-state index contributed by atoms with van der Waals surface area (Å²) in [5.74, 6) is 3.62. The van der Waals surface area contributed by atoms with Crippen molar-refractivity contribution in [1.29, 1.82) is 0 Å². The second kappa shape index (κ2) is 9.72. The van der Waals surface area contributed by atoms with Crippen LogP contribution in [0.1, 0.15) is 69.9 Å². The molecular weight excluding hydrogens is 466 g/mol. The Morgan fingerprint density at radius 2 is 1.97 bits per heavy atom. The number of aromatic nitrogens is 4. The monoisotopic (exact) mass is 507 g/mol. The van der Waals surface area contributed by atoms with Crippen LogP contribution < -0.4 is 10.2 Å². The first-order chi connectivity index (χ1) is 17.5. The first-order valence-electron chi connectivity index (χ1n) is 13.7. The molecule has 2 fully saturated rings. The number of aryl methyl sites for hydroxylation is 1. The third-order valence-corrected chi connectivity index (χ3v) is 8.13. The lowest BCUT2D eigenvalue weighted by Crippen LogP contribution is -2.59. The van der Waals surface area contributed by atoms with E-state index in [0.29, 0.717) is 18.2 Å². The highest BCUT2D eigenvalue weighted by molar-refractivity contribution is 5.87. The predicted molar refractivity (Wildman–Crippen MR) is 143 cm³/mol. The molecule has 2 saturated heterocycles. The molecular formula is C28H41N7O2. The van der Waals surface area contributed by atoms with Gasteiger partial charge in [0, 0.05) is 56.5 Å². The van der Waals surface area contributed by atoms with Crippen LogP contribution in [0.2, 0.25) is 0 Å². The van der Waals surface area contributed by atoms with Gasteiger partial charge in [-0.15, -0.1) is 0 Å². The fraction of sp³-hybridized carbons (Fsp3) is 0.679. The van der Waals surface area contributed by atoms with E-state index in [2.05, 4.69) is 54.6 Å². The number of likely N-dealkylation sites (tertiary alicyclic amines) is 1. The Labute approximate surface area is 220 Å². The zero-order valence-corrected chi connectivity index (χ0v) is 23.0. The molecule has 1 amide bonds. The van der Waals surface area contributed by atoms with Crippen LogP contribution >= 0.6 is 0 Å². The molecule has 0 unspecified atom stereocenters. The molecule has 0 aromatic carbocycles. The van der Waals surface area contributed by atoms with Crippen LogP contribution in [-0.4, -0.2) is 63.1 Å². The third-order valence-electron chi connectivity index (χ3n) is 8.13. The molecule has 0 saturated carbocycles. The summed E-state index contributed by atoms with van der Waals surface area (Å²) >= 11 is 0. The Morgan fingerprint density at radius 1 is 1.19 bits per heavy atom. The van der Waals surface area contributed by atoms with E-state index in [1.54, 1.807) is 0 Å². The quantitative estimate of drug-likeness (QED) is 0.536. The van der Waals surface area contributed by atoms with E-state index >= 15 is 0 Å². The third kappa shape index (κ3) is 5.50. The van der Waals surface area contributed by atoms with Crippen LogP contribution in [-0.2, 0) is 24.1 Å². The Balaban J connectivity index is 1.41. The minimum absolute atomic E-state index is 0.0239. The second-order valence-corrected chi connectivity index (χ2v) is 12.6. The van der Waals surface area contributed by atoms with Crippen LogP contribution in [0.25, 0.3) is 0 Å². The lowest BCUT2D eigenvalue weighted by molar-refractivity contribution is -0.136. The predicted octanol–water partition coefficient (Wildman–Crippen LogP) is 3.98. The van der Waals surface area contributed by atoms with Crippen molar-refractivity contribution in [1.82, 2.24) is 25.0 Å². The number of fused-ring (bicyclic) bond motifs is 1. The maximum absolute atomic E-state index is 12.0. The van der Waals surface area contributed by atoms with Gasteiger partial charge in [-0.2, -0.15) is 9.97 Å². The molecule has 200 valence electrons.